The zero-order chi connectivity index (χ0) is 23.1. The Hall–Kier alpha value is -1.44. The van der Waals surface area contributed by atoms with Gasteiger partial charge in [0.2, 0.25) is 0 Å². The molecule has 1 aromatic rings. The van der Waals surface area contributed by atoms with Gasteiger partial charge in [0.25, 0.3) is 0 Å². The van der Waals surface area contributed by atoms with Crippen molar-refractivity contribution in [3.05, 3.63) is 47.5 Å². The molecule has 1 fully saturated rings. The molecule has 0 aromatic heterocycles. The molecule has 0 heterocycles. The van der Waals surface area contributed by atoms with Crippen LogP contribution in [0.3, 0.4) is 0 Å². The van der Waals surface area contributed by atoms with E-state index < -0.39 is 36.9 Å². The summed E-state index contributed by atoms with van der Waals surface area (Å²) in [6.07, 6.45) is 7.21. The molecular formula is C24H34F4O3. The first kappa shape index (κ1) is 25.8. The number of hydrogen-bond acceptors (Lipinski definition) is 3. The highest BCUT2D eigenvalue weighted by Gasteiger charge is 2.57. The third kappa shape index (κ3) is 6.77. The molecule has 2 rings (SSSR count). The molecule has 1 saturated carbocycles. The smallest absolute Gasteiger partial charge is 0.337 e. The predicted molar refractivity (Wildman–Crippen MR) is 112 cm³/mol. The Morgan fingerprint density at radius 1 is 1.10 bits per heavy atom. The third-order valence-electron chi connectivity index (χ3n) is 6.24. The van der Waals surface area contributed by atoms with Gasteiger partial charge in [-0.05, 0) is 43.1 Å². The van der Waals surface area contributed by atoms with Gasteiger partial charge in [0.05, 0.1) is 6.61 Å². The van der Waals surface area contributed by atoms with E-state index in [4.69, 9.17) is 5.11 Å². The van der Waals surface area contributed by atoms with Gasteiger partial charge < -0.3 is 14.9 Å². The summed E-state index contributed by atoms with van der Waals surface area (Å²) in [6, 6.07) is 5.15. The number of ether oxygens (including phenoxy) is 1. The summed E-state index contributed by atoms with van der Waals surface area (Å²) >= 11 is 0. The SMILES string of the molecule is C=C(CO)C(O)OCC(F)(F)C(F)(F)c1ccc(C2CCC(CCCCC)CC2)cc1. The number of hydrogen-bond donors (Lipinski definition) is 2. The van der Waals surface area contributed by atoms with Gasteiger partial charge in [0.15, 0.2) is 6.29 Å². The van der Waals surface area contributed by atoms with Crippen LogP contribution in [-0.4, -0.2) is 35.6 Å². The minimum atomic E-state index is -4.54. The highest BCUT2D eigenvalue weighted by Crippen LogP contribution is 2.44. The van der Waals surface area contributed by atoms with Crippen molar-refractivity contribution in [2.45, 2.75) is 82.3 Å². The van der Waals surface area contributed by atoms with E-state index in [0.717, 1.165) is 49.3 Å². The van der Waals surface area contributed by atoms with Crippen molar-refractivity contribution < 1.29 is 32.5 Å². The van der Waals surface area contributed by atoms with E-state index in [1.165, 1.54) is 37.8 Å². The molecule has 1 aromatic carbocycles. The van der Waals surface area contributed by atoms with E-state index >= 15 is 0 Å². The van der Waals surface area contributed by atoms with E-state index in [1.807, 2.05) is 0 Å². The van der Waals surface area contributed by atoms with E-state index in [1.54, 1.807) is 0 Å². The van der Waals surface area contributed by atoms with Crippen LogP contribution in [0.4, 0.5) is 17.6 Å². The summed E-state index contributed by atoms with van der Waals surface area (Å²) in [7, 11) is 0. The van der Waals surface area contributed by atoms with Gasteiger partial charge in [-0.25, -0.2) is 0 Å². The van der Waals surface area contributed by atoms with Crippen molar-refractivity contribution >= 4 is 0 Å². The zero-order valence-corrected chi connectivity index (χ0v) is 18.1. The van der Waals surface area contributed by atoms with Crippen molar-refractivity contribution in [2.75, 3.05) is 13.2 Å². The number of unbranched alkanes of at least 4 members (excludes halogenated alkanes) is 2. The molecule has 31 heavy (non-hydrogen) atoms. The summed E-state index contributed by atoms with van der Waals surface area (Å²) in [6.45, 7) is 2.99. The van der Waals surface area contributed by atoms with E-state index in [2.05, 4.69) is 18.2 Å². The molecule has 1 aliphatic rings. The van der Waals surface area contributed by atoms with Crippen molar-refractivity contribution in [1.29, 1.82) is 0 Å². The summed E-state index contributed by atoms with van der Waals surface area (Å²) in [5.74, 6) is -8.01. The Kier molecular flexibility index (Phi) is 9.52. The number of aliphatic hydroxyl groups is 2. The van der Waals surface area contributed by atoms with Crippen LogP contribution in [0.1, 0.15) is 75.3 Å². The summed E-state index contributed by atoms with van der Waals surface area (Å²) < 4.78 is 61.6. The number of aliphatic hydroxyl groups excluding tert-OH is 2. The number of alkyl halides is 4. The highest BCUT2D eigenvalue weighted by atomic mass is 19.3. The Labute approximate surface area is 182 Å². The minimum absolute atomic E-state index is 0.272. The maximum atomic E-state index is 14.5. The van der Waals surface area contributed by atoms with Crippen LogP contribution in [-0.2, 0) is 10.7 Å². The van der Waals surface area contributed by atoms with E-state index in [0.29, 0.717) is 0 Å². The van der Waals surface area contributed by atoms with Gasteiger partial charge in [-0.15, -0.1) is 0 Å². The Bertz CT molecular complexity index is 683. The molecule has 0 saturated heterocycles. The fourth-order valence-electron chi connectivity index (χ4n) is 4.11. The molecule has 1 unspecified atom stereocenters. The third-order valence-corrected chi connectivity index (χ3v) is 6.24. The molecule has 0 radical (unpaired) electrons. The lowest BCUT2D eigenvalue weighted by molar-refractivity contribution is -0.255. The first-order valence-electron chi connectivity index (χ1n) is 11.1. The molecule has 0 amide bonds. The van der Waals surface area contributed by atoms with Gasteiger partial charge in [-0.2, -0.15) is 17.6 Å². The Morgan fingerprint density at radius 2 is 1.71 bits per heavy atom. The monoisotopic (exact) mass is 446 g/mol. The van der Waals surface area contributed by atoms with Crippen molar-refractivity contribution in [3.8, 4) is 0 Å². The fraction of sp³-hybridized carbons (Fsp3) is 0.667. The second-order valence-electron chi connectivity index (χ2n) is 8.59. The standard InChI is InChI=1S/C24H34F4O3/c1-3-4-5-6-18-7-9-19(10-8-18)20-11-13-21(14-12-20)24(27,28)23(25,26)16-31-22(30)17(2)15-29/h11-14,18-19,22,29-30H,2-10,15-16H2,1H3. The molecule has 0 spiro atoms. The van der Waals surface area contributed by atoms with Crippen LogP contribution in [0.15, 0.2) is 36.4 Å². The number of rotatable bonds is 12. The molecule has 2 N–H and O–H groups in total. The molecule has 1 aliphatic carbocycles. The van der Waals surface area contributed by atoms with E-state index in [9.17, 15) is 22.7 Å². The zero-order valence-electron chi connectivity index (χ0n) is 18.1. The van der Waals surface area contributed by atoms with Crippen LogP contribution in [0.5, 0.6) is 0 Å². The lowest BCUT2D eigenvalue weighted by Crippen LogP contribution is -2.43. The van der Waals surface area contributed by atoms with Crippen LogP contribution in [0.25, 0.3) is 0 Å². The number of benzene rings is 1. The molecule has 1 atom stereocenters. The van der Waals surface area contributed by atoms with E-state index in [-0.39, 0.29) is 11.5 Å². The molecule has 0 bridgehead atoms. The van der Waals surface area contributed by atoms with Crippen LogP contribution < -0.4 is 0 Å². The summed E-state index contributed by atoms with van der Waals surface area (Å²) in [4.78, 5) is 0. The van der Waals surface area contributed by atoms with Gasteiger partial charge in [-0.1, -0.05) is 63.5 Å². The average molecular weight is 447 g/mol. The van der Waals surface area contributed by atoms with Crippen LogP contribution >= 0.6 is 0 Å². The minimum Gasteiger partial charge on any atom is -0.392 e. The maximum absolute atomic E-state index is 14.5. The second kappa shape index (κ2) is 11.4. The second-order valence-corrected chi connectivity index (χ2v) is 8.59. The quantitative estimate of drug-likeness (QED) is 0.175. The predicted octanol–water partition coefficient (Wildman–Crippen LogP) is 6.15. The van der Waals surface area contributed by atoms with Crippen molar-refractivity contribution in [2.24, 2.45) is 5.92 Å². The van der Waals surface area contributed by atoms with Crippen LogP contribution in [0, 0.1) is 5.92 Å². The lowest BCUT2D eigenvalue weighted by Gasteiger charge is -2.30. The molecule has 7 heteroatoms. The topological polar surface area (TPSA) is 49.7 Å². The lowest BCUT2D eigenvalue weighted by atomic mass is 9.77. The fourth-order valence-corrected chi connectivity index (χ4v) is 4.11. The first-order chi connectivity index (χ1) is 14.6. The molecular weight excluding hydrogens is 412 g/mol. The van der Waals surface area contributed by atoms with Crippen molar-refractivity contribution in [3.63, 3.8) is 0 Å². The Balaban J connectivity index is 1.96. The molecule has 176 valence electrons. The van der Waals surface area contributed by atoms with Gasteiger partial charge in [0.1, 0.15) is 6.61 Å². The number of halogens is 4. The summed E-state index contributed by atoms with van der Waals surface area (Å²) in [5, 5.41) is 18.2. The molecule has 3 nitrogen and oxygen atoms in total. The highest BCUT2D eigenvalue weighted by molar-refractivity contribution is 5.30. The largest absolute Gasteiger partial charge is 0.392 e. The van der Waals surface area contributed by atoms with Gasteiger partial charge >= 0.3 is 11.8 Å². The first-order valence-corrected chi connectivity index (χ1v) is 11.1. The van der Waals surface area contributed by atoms with Gasteiger partial charge in [-0.3, -0.25) is 0 Å². The maximum Gasteiger partial charge on any atom is 0.337 e. The Morgan fingerprint density at radius 3 is 2.26 bits per heavy atom. The normalized spacial score (nSPS) is 21.1. The van der Waals surface area contributed by atoms with Gasteiger partial charge in [0, 0.05) is 11.1 Å². The average Bonchev–Trinajstić information content (AvgIpc) is 2.77. The van der Waals surface area contributed by atoms with Crippen molar-refractivity contribution in [1.82, 2.24) is 0 Å². The molecule has 0 aliphatic heterocycles. The van der Waals surface area contributed by atoms with Crippen LogP contribution in [0.2, 0.25) is 0 Å². The summed E-state index contributed by atoms with van der Waals surface area (Å²) in [5.41, 5.74) is -0.182.